The van der Waals surface area contributed by atoms with Gasteiger partial charge in [-0.1, -0.05) is 18.2 Å². The summed E-state index contributed by atoms with van der Waals surface area (Å²) in [6, 6.07) is 13.4. The molecule has 0 aliphatic heterocycles. The summed E-state index contributed by atoms with van der Waals surface area (Å²) in [5.41, 5.74) is 2.96. The third-order valence-corrected chi connectivity index (χ3v) is 4.45. The molecule has 3 rings (SSSR count). The molecule has 0 radical (unpaired) electrons. The van der Waals surface area contributed by atoms with Crippen LogP contribution in [0.1, 0.15) is 11.1 Å². The quantitative estimate of drug-likeness (QED) is 0.559. The van der Waals surface area contributed by atoms with Gasteiger partial charge in [0.15, 0.2) is 0 Å². The summed E-state index contributed by atoms with van der Waals surface area (Å²) < 4.78 is 1.27. The van der Waals surface area contributed by atoms with Gasteiger partial charge in [0.25, 0.3) is 5.69 Å². The van der Waals surface area contributed by atoms with E-state index in [1.807, 2.05) is 18.2 Å². The molecule has 0 aliphatic carbocycles. The summed E-state index contributed by atoms with van der Waals surface area (Å²) in [6.45, 7) is 2.46. The third kappa shape index (κ3) is 2.73. The van der Waals surface area contributed by atoms with E-state index in [9.17, 15) is 10.1 Å². The molecular weight excluding hydrogens is 284 g/mol. The van der Waals surface area contributed by atoms with Crippen molar-refractivity contribution in [3.05, 3.63) is 69.1 Å². The molecule has 3 aromatic rings. The lowest BCUT2D eigenvalue weighted by atomic mass is 10.1. The van der Waals surface area contributed by atoms with Gasteiger partial charge in [-0.15, -0.1) is 11.3 Å². The first-order valence-corrected chi connectivity index (χ1v) is 7.47. The molecule has 4 nitrogen and oxygen atoms in total. The zero-order valence-electron chi connectivity index (χ0n) is 11.5. The van der Waals surface area contributed by atoms with Crippen LogP contribution in [0.2, 0.25) is 0 Å². The summed E-state index contributed by atoms with van der Waals surface area (Å²) in [7, 11) is 0. The van der Waals surface area contributed by atoms with Gasteiger partial charge < -0.3 is 5.32 Å². The van der Waals surface area contributed by atoms with Gasteiger partial charge in [0, 0.05) is 28.6 Å². The highest BCUT2D eigenvalue weighted by molar-refractivity contribution is 7.17. The molecule has 0 aliphatic rings. The molecule has 106 valence electrons. The van der Waals surface area contributed by atoms with E-state index < -0.39 is 0 Å². The zero-order chi connectivity index (χ0) is 14.8. The van der Waals surface area contributed by atoms with Crippen molar-refractivity contribution in [2.24, 2.45) is 0 Å². The zero-order valence-corrected chi connectivity index (χ0v) is 12.3. The van der Waals surface area contributed by atoms with Crippen LogP contribution >= 0.6 is 11.3 Å². The second-order valence-corrected chi connectivity index (χ2v) is 5.78. The molecule has 2 aromatic carbocycles. The summed E-state index contributed by atoms with van der Waals surface area (Å²) in [5, 5.41) is 17.5. The van der Waals surface area contributed by atoms with Crippen LogP contribution in [0.5, 0.6) is 0 Å². The lowest BCUT2D eigenvalue weighted by molar-refractivity contribution is -0.385. The number of nitrogens with zero attached hydrogens (tertiary/aromatic N) is 1. The molecule has 1 heterocycles. The lowest BCUT2D eigenvalue weighted by Crippen LogP contribution is -2.00. The van der Waals surface area contributed by atoms with E-state index in [0.717, 1.165) is 5.69 Å². The largest absolute Gasteiger partial charge is 0.381 e. The fourth-order valence-electron chi connectivity index (χ4n) is 2.34. The van der Waals surface area contributed by atoms with E-state index in [1.165, 1.54) is 15.6 Å². The van der Waals surface area contributed by atoms with E-state index in [0.29, 0.717) is 12.1 Å². The number of aryl methyl sites for hydroxylation is 1. The molecule has 0 atom stereocenters. The minimum absolute atomic E-state index is 0.154. The summed E-state index contributed by atoms with van der Waals surface area (Å²) in [5.74, 6) is 0. The molecule has 5 heteroatoms. The average Bonchev–Trinajstić information content (AvgIpc) is 2.88. The smallest absolute Gasteiger partial charge is 0.272 e. The average molecular weight is 298 g/mol. The molecule has 0 saturated heterocycles. The Bertz CT molecular complexity index is 811. The van der Waals surface area contributed by atoms with Crippen molar-refractivity contribution in [3.63, 3.8) is 0 Å². The third-order valence-electron chi connectivity index (χ3n) is 3.44. The van der Waals surface area contributed by atoms with Crippen LogP contribution in [-0.4, -0.2) is 4.92 Å². The second-order valence-electron chi connectivity index (χ2n) is 4.87. The van der Waals surface area contributed by atoms with E-state index in [-0.39, 0.29) is 10.6 Å². The van der Waals surface area contributed by atoms with Crippen LogP contribution in [-0.2, 0) is 6.54 Å². The van der Waals surface area contributed by atoms with Gasteiger partial charge in [0.05, 0.1) is 4.92 Å². The molecule has 0 unspecified atom stereocenters. The van der Waals surface area contributed by atoms with Crippen molar-refractivity contribution in [2.45, 2.75) is 13.5 Å². The normalized spacial score (nSPS) is 10.7. The summed E-state index contributed by atoms with van der Waals surface area (Å²) in [4.78, 5) is 10.5. The van der Waals surface area contributed by atoms with Crippen molar-refractivity contribution < 1.29 is 4.92 Å². The maximum atomic E-state index is 10.8. The Morgan fingerprint density at radius 3 is 2.81 bits per heavy atom. The standard InChI is InChI=1S/C16H14N2O2S/c1-11-8-13(6-7-15(11)18(19)20)17-9-12-10-21-16-5-3-2-4-14(12)16/h2-8,10,17H,9H2,1H3. The Labute approximate surface area is 126 Å². The molecule has 0 spiro atoms. The number of nitrogens with one attached hydrogen (secondary N) is 1. The maximum absolute atomic E-state index is 10.8. The van der Waals surface area contributed by atoms with E-state index >= 15 is 0 Å². The number of nitro groups is 1. The van der Waals surface area contributed by atoms with Gasteiger partial charge in [-0.2, -0.15) is 0 Å². The Morgan fingerprint density at radius 1 is 1.24 bits per heavy atom. The monoisotopic (exact) mass is 298 g/mol. The van der Waals surface area contributed by atoms with Crippen molar-refractivity contribution in [1.29, 1.82) is 0 Å². The molecule has 1 N–H and O–H groups in total. The van der Waals surface area contributed by atoms with Gasteiger partial charge in [-0.05, 0) is 41.5 Å². The number of rotatable bonds is 4. The highest BCUT2D eigenvalue weighted by Crippen LogP contribution is 2.27. The molecular formula is C16H14N2O2S. The predicted octanol–water partition coefficient (Wildman–Crippen LogP) is 4.73. The number of nitro benzene ring substituents is 1. The minimum Gasteiger partial charge on any atom is -0.381 e. The van der Waals surface area contributed by atoms with Crippen molar-refractivity contribution in [1.82, 2.24) is 0 Å². The van der Waals surface area contributed by atoms with E-state index in [2.05, 4.69) is 22.8 Å². The maximum Gasteiger partial charge on any atom is 0.272 e. The molecule has 21 heavy (non-hydrogen) atoms. The molecule has 1 aromatic heterocycles. The Kier molecular flexibility index (Phi) is 3.58. The molecule has 0 saturated carbocycles. The summed E-state index contributed by atoms with van der Waals surface area (Å²) >= 11 is 1.73. The second kappa shape index (κ2) is 5.54. The van der Waals surface area contributed by atoms with Crippen LogP contribution < -0.4 is 5.32 Å². The SMILES string of the molecule is Cc1cc(NCc2csc3ccccc23)ccc1[N+](=O)[O-]. The molecule has 0 fully saturated rings. The van der Waals surface area contributed by atoms with Crippen LogP contribution in [0.3, 0.4) is 0 Å². The van der Waals surface area contributed by atoms with Crippen LogP contribution in [0.15, 0.2) is 47.8 Å². The minimum atomic E-state index is -0.356. The Morgan fingerprint density at radius 2 is 2.05 bits per heavy atom. The predicted molar refractivity (Wildman–Crippen MR) is 87.0 cm³/mol. The highest BCUT2D eigenvalue weighted by atomic mass is 32.1. The summed E-state index contributed by atoms with van der Waals surface area (Å²) in [6.07, 6.45) is 0. The topological polar surface area (TPSA) is 55.2 Å². The lowest BCUT2D eigenvalue weighted by Gasteiger charge is -2.07. The van der Waals surface area contributed by atoms with Gasteiger partial charge >= 0.3 is 0 Å². The van der Waals surface area contributed by atoms with Gasteiger partial charge in [-0.25, -0.2) is 0 Å². The van der Waals surface area contributed by atoms with Gasteiger partial charge in [0.2, 0.25) is 0 Å². The first-order valence-electron chi connectivity index (χ1n) is 6.59. The molecule has 0 amide bonds. The fraction of sp³-hybridized carbons (Fsp3) is 0.125. The van der Waals surface area contributed by atoms with E-state index in [4.69, 9.17) is 0 Å². The van der Waals surface area contributed by atoms with Crippen molar-refractivity contribution in [2.75, 3.05) is 5.32 Å². The highest BCUT2D eigenvalue weighted by Gasteiger charge is 2.10. The number of thiophene rings is 1. The Balaban J connectivity index is 1.79. The number of fused-ring (bicyclic) bond motifs is 1. The first-order chi connectivity index (χ1) is 10.1. The molecule has 0 bridgehead atoms. The first kappa shape index (κ1) is 13.6. The number of anilines is 1. The van der Waals surface area contributed by atoms with Crippen LogP contribution in [0, 0.1) is 17.0 Å². The Hall–Kier alpha value is -2.40. The van der Waals surface area contributed by atoms with Crippen LogP contribution in [0.4, 0.5) is 11.4 Å². The van der Waals surface area contributed by atoms with Crippen molar-refractivity contribution >= 4 is 32.8 Å². The number of hydrogen-bond donors (Lipinski definition) is 1. The fourth-order valence-corrected chi connectivity index (χ4v) is 3.30. The number of hydrogen-bond acceptors (Lipinski definition) is 4. The van der Waals surface area contributed by atoms with E-state index in [1.54, 1.807) is 30.4 Å². The van der Waals surface area contributed by atoms with Crippen LogP contribution in [0.25, 0.3) is 10.1 Å². The van der Waals surface area contributed by atoms with Crippen molar-refractivity contribution in [3.8, 4) is 0 Å². The van der Waals surface area contributed by atoms with Gasteiger partial charge in [0.1, 0.15) is 0 Å². The number of benzene rings is 2. The van der Waals surface area contributed by atoms with Gasteiger partial charge in [-0.3, -0.25) is 10.1 Å².